The maximum absolute atomic E-state index is 14.0. The van der Waals surface area contributed by atoms with Crippen molar-refractivity contribution in [2.24, 2.45) is 0 Å². The summed E-state index contributed by atoms with van der Waals surface area (Å²) in [6.45, 7) is 4.17. The van der Waals surface area contributed by atoms with E-state index in [1.54, 1.807) is 24.3 Å². The second-order valence-electron chi connectivity index (χ2n) is 8.73. The van der Waals surface area contributed by atoms with Gasteiger partial charge in [0.25, 0.3) is 11.8 Å². The van der Waals surface area contributed by atoms with Crippen LogP contribution in [-0.4, -0.2) is 54.3 Å². The van der Waals surface area contributed by atoms with Crippen molar-refractivity contribution in [1.82, 2.24) is 9.80 Å². The number of hydrogen-bond acceptors (Lipinski definition) is 4. The summed E-state index contributed by atoms with van der Waals surface area (Å²) < 4.78 is 27.2. The van der Waals surface area contributed by atoms with Gasteiger partial charge in [0.05, 0.1) is 23.4 Å². The number of carbonyl (C=O) groups excluding carboxylic acids is 2. The Balaban J connectivity index is 1.12. The molecule has 0 aromatic heterocycles. The Kier molecular flexibility index (Phi) is 6.11. The lowest BCUT2D eigenvalue weighted by Gasteiger charge is -2.36. The van der Waals surface area contributed by atoms with Crippen molar-refractivity contribution in [1.29, 1.82) is 0 Å². The zero-order valence-electron chi connectivity index (χ0n) is 18.7. The van der Waals surface area contributed by atoms with Gasteiger partial charge in [-0.1, -0.05) is 36.4 Å². The Morgan fingerprint density at radius 1 is 0.735 bits per heavy atom. The van der Waals surface area contributed by atoms with E-state index in [1.807, 2.05) is 29.2 Å². The molecule has 2 aliphatic heterocycles. The molecule has 3 aromatic carbocycles. The molecule has 5 rings (SSSR count). The predicted molar refractivity (Wildman–Crippen MR) is 126 cm³/mol. The van der Waals surface area contributed by atoms with E-state index in [0.717, 1.165) is 37.7 Å². The zero-order valence-corrected chi connectivity index (χ0v) is 18.7. The number of amides is 2. The molecule has 0 radical (unpaired) electrons. The van der Waals surface area contributed by atoms with Crippen molar-refractivity contribution in [3.8, 4) is 0 Å². The minimum absolute atomic E-state index is 0.246. The Bertz CT molecular complexity index is 1190. The molecule has 0 aliphatic carbocycles. The van der Waals surface area contributed by atoms with Gasteiger partial charge in [0.15, 0.2) is 0 Å². The van der Waals surface area contributed by atoms with Gasteiger partial charge >= 0.3 is 0 Å². The molecule has 2 amide bonds. The molecule has 0 unspecified atom stereocenters. The number of imide groups is 1. The van der Waals surface area contributed by atoms with E-state index < -0.39 is 11.6 Å². The van der Waals surface area contributed by atoms with Gasteiger partial charge in [-0.2, -0.15) is 0 Å². The molecule has 7 heteroatoms. The zero-order chi connectivity index (χ0) is 23.7. The minimum Gasteiger partial charge on any atom is -0.367 e. The highest BCUT2D eigenvalue weighted by Gasteiger charge is 2.34. The number of piperazine rings is 1. The van der Waals surface area contributed by atoms with E-state index in [2.05, 4.69) is 4.90 Å². The molecule has 0 saturated carbocycles. The quantitative estimate of drug-likeness (QED) is 0.518. The molecule has 2 aliphatic rings. The minimum atomic E-state index is -0.561. The van der Waals surface area contributed by atoms with Crippen LogP contribution in [0.4, 0.5) is 14.5 Å². The van der Waals surface area contributed by atoms with E-state index in [1.165, 1.54) is 22.6 Å². The van der Waals surface area contributed by atoms with E-state index in [-0.39, 0.29) is 18.4 Å². The molecule has 0 spiro atoms. The fourth-order valence-corrected chi connectivity index (χ4v) is 4.61. The number of benzene rings is 3. The Labute approximate surface area is 197 Å². The highest BCUT2D eigenvalue weighted by atomic mass is 19.1. The molecule has 3 aromatic rings. The molecule has 1 saturated heterocycles. The first-order valence-corrected chi connectivity index (χ1v) is 11.4. The molecule has 5 nitrogen and oxygen atoms in total. The molecule has 0 atom stereocenters. The first-order chi connectivity index (χ1) is 16.5. The van der Waals surface area contributed by atoms with Crippen LogP contribution in [0, 0.1) is 11.6 Å². The van der Waals surface area contributed by atoms with Crippen LogP contribution in [0.15, 0.2) is 66.7 Å². The van der Waals surface area contributed by atoms with Crippen molar-refractivity contribution >= 4 is 17.5 Å². The summed E-state index contributed by atoms with van der Waals surface area (Å²) in [5.41, 5.74) is 3.47. The second-order valence-corrected chi connectivity index (χ2v) is 8.73. The SMILES string of the molecule is O=C1c2ccccc2C(=O)N1Cc1ccc(CCN2CCN(c3ccc(F)cc3F)CC2)cc1. The highest BCUT2D eigenvalue weighted by molar-refractivity contribution is 6.21. The topological polar surface area (TPSA) is 43.9 Å². The van der Waals surface area contributed by atoms with Crippen LogP contribution in [0.3, 0.4) is 0 Å². The van der Waals surface area contributed by atoms with Crippen molar-refractivity contribution in [2.45, 2.75) is 13.0 Å². The third-order valence-electron chi connectivity index (χ3n) is 6.58. The number of anilines is 1. The highest BCUT2D eigenvalue weighted by Crippen LogP contribution is 2.25. The lowest BCUT2D eigenvalue weighted by atomic mass is 10.1. The fraction of sp³-hybridized carbons (Fsp3) is 0.259. The van der Waals surface area contributed by atoms with Crippen molar-refractivity contribution < 1.29 is 18.4 Å². The third-order valence-corrected chi connectivity index (χ3v) is 6.58. The summed E-state index contributed by atoms with van der Waals surface area (Å²) in [6, 6.07) is 18.7. The Morgan fingerprint density at radius 2 is 1.35 bits per heavy atom. The predicted octanol–water partition coefficient (Wildman–Crippen LogP) is 4.13. The number of carbonyl (C=O) groups is 2. The summed E-state index contributed by atoms with van der Waals surface area (Å²) in [5.74, 6) is -1.57. The first-order valence-electron chi connectivity index (χ1n) is 11.4. The lowest BCUT2D eigenvalue weighted by molar-refractivity contribution is 0.0642. The maximum atomic E-state index is 14.0. The summed E-state index contributed by atoms with van der Waals surface area (Å²) in [4.78, 5) is 30.7. The van der Waals surface area contributed by atoms with E-state index >= 15 is 0 Å². The van der Waals surface area contributed by atoms with Crippen molar-refractivity contribution in [3.05, 3.63) is 101 Å². The Hall–Kier alpha value is -3.58. The van der Waals surface area contributed by atoms with Gasteiger partial charge in [0.1, 0.15) is 11.6 Å². The lowest BCUT2D eigenvalue weighted by Crippen LogP contribution is -2.47. The van der Waals surface area contributed by atoms with E-state index in [9.17, 15) is 18.4 Å². The number of nitrogens with zero attached hydrogens (tertiary/aromatic N) is 3. The maximum Gasteiger partial charge on any atom is 0.261 e. The van der Waals surface area contributed by atoms with Crippen molar-refractivity contribution in [3.63, 3.8) is 0 Å². The van der Waals surface area contributed by atoms with Gasteiger partial charge in [0.2, 0.25) is 0 Å². The van der Waals surface area contributed by atoms with Crippen LogP contribution in [0.5, 0.6) is 0 Å². The smallest absolute Gasteiger partial charge is 0.261 e. The molecule has 174 valence electrons. The number of hydrogen-bond donors (Lipinski definition) is 0. The standard InChI is InChI=1S/C27H25F2N3O2/c28-21-9-10-25(24(29)17-21)31-15-13-30(14-16-31)12-11-19-5-7-20(8-6-19)18-32-26(33)22-3-1-2-4-23(22)27(32)34/h1-10,17H,11-16,18H2. The second kappa shape index (κ2) is 9.35. The van der Waals surface area contributed by atoms with Gasteiger partial charge in [-0.25, -0.2) is 8.78 Å². The fourth-order valence-electron chi connectivity index (χ4n) is 4.61. The summed E-state index contributed by atoms with van der Waals surface area (Å²) in [6.07, 6.45) is 0.873. The van der Waals surface area contributed by atoms with E-state index in [0.29, 0.717) is 29.9 Å². The van der Waals surface area contributed by atoms with Gasteiger partial charge in [-0.05, 0) is 41.8 Å². The molecule has 0 bridgehead atoms. The third kappa shape index (κ3) is 4.43. The molecule has 2 heterocycles. The molecular formula is C27H25F2N3O2. The van der Waals surface area contributed by atoms with Crippen LogP contribution in [-0.2, 0) is 13.0 Å². The van der Waals surface area contributed by atoms with Gasteiger partial charge in [-0.15, -0.1) is 0 Å². The van der Waals surface area contributed by atoms with Gasteiger partial charge < -0.3 is 4.90 Å². The summed E-state index contributed by atoms with van der Waals surface area (Å²) in [7, 11) is 0. The van der Waals surface area contributed by atoms with E-state index in [4.69, 9.17) is 0 Å². The molecular weight excluding hydrogens is 436 g/mol. The number of halogens is 2. The first kappa shape index (κ1) is 22.2. The number of fused-ring (bicyclic) bond motifs is 1. The van der Waals surface area contributed by atoms with Crippen LogP contribution in [0.2, 0.25) is 0 Å². The van der Waals surface area contributed by atoms with Crippen LogP contribution < -0.4 is 4.90 Å². The van der Waals surface area contributed by atoms with Crippen LogP contribution in [0.25, 0.3) is 0 Å². The summed E-state index contributed by atoms with van der Waals surface area (Å²) >= 11 is 0. The average molecular weight is 462 g/mol. The normalized spacial score (nSPS) is 16.3. The largest absolute Gasteiger partial charge is 0.367 e. The molecule has 1 fully saturated rings. The monoisotopic (exact) mass is 461 g/mol. The van der Waals surface area contributed by atoms with Crippen molar-refractivity contribution in [2.75, 3.05) is 37.6 Å². The molecule has 0 N–H and O–H groups in total. The molecule has 34 heavy (non-hydrogen) atoms. The van der Waals surface area contributed by atoms with Gasteiger partial charge in [-0.3, -0.25) is 19.4 Å². The van der Waals surface area contributed by atoms with Crippen LogP contribution in [0.1, 0.15) is 31.8 Å². The Morgan fingerprint density at radius 3 is 1.97 bits per heavy atom. The van der Waals surface area contributed by atoms with Gasteiger partial charge in [0, 0.05) is 38.8 Å². The average Bonchev–Trinajstić information content (AvgIpc) is 3.09. The van der Waals surface area contributed by atoms with Crippen LogP contribution >= 0.6 is 0 Å². The number of rotatable bonds is 6. The summed E-state index contributed by atoms with van der Waals surface area (Å²) in [5, 5.41) is 0.